The molecule has 2 rings (SSSR count). The summed E-state index contributed by atoms with van der Waals surface area (Å²) in [5, 5.41) is 0. The van der Waals surface area contributed by atoms with Crippen molar-refractivity contribution >= 4 is 11.9 Å². The fourth-order valence-corrected chi connectivity index (χ4v) is 1.70. The average molecular weight is 344 g/mol. The van der Waals surface area contributed by atoms with Gasteiger partial charge in [-0.2, -0.15) is 0 Å². The van der Waals surface area contributed by atoms with E-state index >= 15 is 0 Å². The predicted octanol–water partition coefficient (Wildman–Crippen LogP) is 4.92. The minimum atomic E-state index is -0.586. The van der Waals surface area contributed by atoms with E-state index < -0.39 is 11.9 Å². The highest BCUT2D eigenvalue weighted by Gasteiger charge is 2.12. The van der Waals surface area contributed by atoms with Crippen LogP contribution in [0.15, 0.2) is 60.7 Å². The van der Waals surface area contributed by atoms with E-state index in [1.54, 1.807) is 0 Å². The first-order chi connectivity index (χ1) is 12.2. The summed E-state index contributed by atoms with van der Waals surface area (Å²) < 4.78 is 10.0. The number of rotatable bonds is 6. The molecule has 0 unspecified atom stereocenters. The van der Waals surface area contributed by atoms with Gasteiger partial charge in [-0.05, 0) is 11.1 Å². The van der Waals surface area contributed by atoms with Gasteiger partial charge in [-0.25, -0.2) is 0 Å². The van der Waals surface area contributed by atoms with Crippen molar-refractivity contribution < 1.29 is 19.1 Å². The maximum Gasteiger partial charge on any atom is 0.317 e. The summed E-state index contributed by atoms with van der Waals surface area (Å²) in [4.78, 5) is 23.0. The summed E-state index contributed by atoms with van der Waals surface area (Å²) in [7, 11) is 0. The van der Waals surface area contributed by atoms with Crippen molar-refractivity contribution in [1.29, 1.82) is 0 Å². The zero-order valence-corrected chi connectivity index (χ0v) is 15.5. The van der Waals surface area contributed by atoms with Crippen LogP contribution >= 0.6 is 0 Å². The Hall–Kier alpha value is -2.62. The largest absolute Gasteiger partial charge is 0.460 e. The van der Waals surface area contributed by atoms with Crippen LogP contribution in [-0.2, 0) is 32.3 Å². The first-order valence-electron chi connectivity index (χ1n) is 8.63. The van der Waals surface area contributed by atoms with E-state index in [1.165, 1.54) is 0 Å². The second-order valence-electron chi connectivity index (χ2n) is 4.47. The number of carbonyl (C=O) groups excluding carboxylic acids is 2. The second kappa shape index (κ2) is 14.9. The van der Waals surface area contributed by atoms with Gasteiger partial charge >= 0.3 is 11.9 Å². The number of benzene rings is 2. The summed E-state index contributed by atoms with van der Waals surface area (Å²) >= 11 is 0. The molecule has 136 valence electrons. The zero-order chi connectivity index (χ0) is 18.9. The highest BCUT2D eigenvalue weighted by molar-refractivity contribution is 5.91. The lowest BCUT2D eigenvalue weighted by Gasteiger charge is -2.06. The Bertz CT molecular complexity index is 526. The summed E-state index contributed by atoms with van der Waals surface area (Å²) in [6.45, 7) is 8.32. The summed E-state index contributed by atoms with van der Waals surface area (Å²) in [5.74, 6) is -1.17. The van der Waals surface area contributed by atoms with Gasteiger partial charge in [0.2, 0.25) is 0 Å². The number of hydrogen-bond acceptors (Lipinski definition) is 4. The van der Waals surface area contributed by atoms with E-state index in [1.807, 2.05) is 88.4 Å². The molecule has 0 saturated heterocycles. The number of hydrogen-bond donors (Lipinski definition) is 0. The van der Waals surface area contributed by atoms with Crippen molar-refractivity contribution in [3.05, 3.63) is 71.8 Å². The third kappa shape index (κ3) is 10.7. The molecule has 0 spiro atoms. The van der Waals surface area contributed by atoms with Crippen LogP contribution in [0.25, 0.3) is 0 Å². The molecule has 0 amide bonds. The number of ether oxygens (including phenoxy) is 2. The van der Waals surface area contributed by atoms with Crippen molar-refractivity contribution in [2.75, 3.05) is 0 Å². The smallest absolute Gasteiger partial charge is 0.317 e. The number of esters is 2. The Morgan fingerprint density at radius 3 is 1.28 bits per heavy atom. The van der Waals surface area contributed by atoms with Gasteiger partial charge in [0.05, 0.1) is 0 Å². The molecule has 0 aliphatic heterocycles. The van der Waals surface area contributed by atoms with E-state index in [2.05, 4.69) is 0 Å². The Morgan fingerprint density at radius 1 is 0.640 bits per heavy atom. The van der Waals surface area contributed by atoms with E-state index in [0.29, 0.717) is 0 Å². The maximum absolute atomic E-state index is 11.5. The van der Waals surface area contributed by atoms with Crippen molar-refractivity contribution in [2.24, 2.45) is 0 Å². The molecule has 2 aromatic rings. The average Bonchev–Trinajstić information content (AvgIpc) is 2.69. The molecule has 0 aliphatic carbocycles. The molecule has 0 aliphatic rings. The Morgan fingerprint density at radius 2 is 0.960 bits per heavy atom. The van der Waals surface area contributed by atoms with Crippen LogP contribution < -0.4 is 0 Å². The van der Waals surface area contributed by atoms with E-state index in [-0.39, 0.29) is 19.6 Å². The molecule has 4 heteroatoms. The lowest BCUT2D eigenvalue weighted by molar-refractivity contribution is -0.156. The lowest BCUT2D eigenvalue weighted by Crippen LogP contribution is -2.13. The molecule has 2 aromatic carbocycles. The van der Waals surface area contributed by atoms with Crippen molar-refractivity contribution in [1.82, 2.24) is 0 Å². The minimum Gasteiger partial charge on any atom is -0.460 e. The first kappa shape index (κ1) is 22.4. The lowest BCUT2D eigenvalue weighted by atomic mass is 10.2. The highest BCUT2D eigenvalue weighted by Crippen LogP contribution is 2.04. The molecular weight excluding hydrogens is 316 g/mol. The first-order valence-corrected chi connectivity index (χ1v) is 8.63. The quantitative estimate of drug-likeness (QED) is 0.551. The summed E-state index contributed by atoms with van der Waals surface area (Å²) in [6, 6.07) is 18.6. The molecule has 0 radical (unpaired) electrons. The molecule has 0 heterocycles. The highest BCUT2D eigenvalue weighted by atomic mass is 16.6. The van der Waals surface area contributed by atoms with Gasteiger partial charge in [-0.1, -0.05) is 88.4 Å². The maximum atomic E-state index is 11.5. The fraction of sp³-hybridized carbons (Fsp3) is 0.333. The van der Waals surface area contributed by atoms with Crippen LogP contribution in [0, 0.1) is 0 Å². The molecule has 0 N–H and O–H groups in total. The molecule has 0 bridgehead atoms. The summed E-state index contributed by atoms with van der Waals surface area (Å²) in [6.07, 6.45) is -0.375. The van der Waals surface area contributed by atoms with Crippen LogP contribution in [-0.4, -0.2) is 11.9 Å². The Balaban J connectivity index is 0.00000134. The van der Waals surface area contributed by atoms with E-state index in [0.717, 1.165) is 11.1 Å². The van der Waals surface area contributed by atoms with Crippen molar-refractivity contribution in [2.45, 2.75) is 47.3 Å². The normalized spacial score (nSPS) is 8.80. The van der Waals surface area contributed by atoms with Crippen LogP contribution in [0.1, 0.15) is 45.2 Å². The predicted molar refractivity (Wildman–Crippen MR) is 99.8 cm³/mol. The molecule has 25 heavy (non-hydrogen) atoms. The molecular formula is C21H28O4. The number of carbonyl (C=O) groups is 2. The Kier molecular flexibility index (Phi) is 13.4. The summed E-state index contributed by atoms with van der Waals surface area (Å²) in [5.41, 5.74) is 1.76. The van der Waals surface area contributed by atoms with Crippen LogP contribution in [0.3, 0.4) is 0 Å². The standard InChI is InChI=1S/C17H16O4.2C2H6/c18-16(20-12-14-7-3-1-4-8-14)11-17(19)21-13-15-9-5-2-6-10-15;2*1-2/h1-10H,11-13H2;2*1-2H3. The molecule has 0 aromatic heterocycles. The van der Waals surface area contributed by atoms with Gasteiger partial charge in [0, 0.05) is 0 Å². The van der Waals surface area contributed by atoms with Gasteiger partial charge in [-0.15, -0.1) is 0 Å². The van der Waals surface area contributed by atoms with Gasteiger partial charge < -0.3 is 9.47 Å². The van der Waals surface area contributed by atoms with Crippen LogP contribution in [0.5, 0.6) is 0 Å². The van der Waals surface area contributed by atoms with Gasteiger partial charge in [0.15, 0.2) is 0 Å². The molecule has 0 fully saturated rings. The van der Waals surface area contributed by atoms with E-state index in [9.17, 15) is 9.59 Å². The van der Waals surface area contributed by atoms with Crippen LogP contribution in [0.2, 0.25) is 0 Å². The second-order valence-corrected chi connectivity index (χ2v) is 4.47. The SMILES string of the molecule is CC.CC.O=C(CC(=O)OCc1ccccc1)OCc1ccccc1. The Labute approximate surface area is 150 Å². The third-order valence-corrected chi connectivity index (χ3v) is 2.77. The molecule has 4 nitrogen and oxygen atoms in total. The van der Waals surface area contributed by atoms with Crippen molar-refractivity contribution in [3.8, 4) is 0 Å². The van der Waals surface area contributed by atoms with Gasteiger partial charge in [0.25, 0.3) is 0 Å². The van der Waals surface area contributed by atoms with Gasteiger partial charge in [-0.3, -0.25) is 9.59 Å². The molecule has 0 atom stereocenters. The monoisotopic (exact) mass is 344 g/mol. The third-order valence-electron chi connectivity index (χ3n) is 2.77. The van der Waals surface area contributed by atoms with Crippen LogP contribution in [0.4, 0.5) is 0 Å². The van der Waals surface area contributed by atoms with Crippen molar-refractivity contribution in [3.63, 3.8) is 0 Å². The van der Waals surface area contributed by atoms with E-state index in [4.69, 9.17) is 9.47 Å². The minimum absolute atomic E-state index is 0.158. The zero-order valence-electron chi connectivity index (χ0n) is 15.5. The fourth-order valence-electron chi connectivity index (χ4n) is 1.70. The topological polar surface area (TPSA) is 52.6 Å². The van der Waals surface area contributed by atoms with Gasteiger partial charge in [0.1, 0.15) is 19.6 Å². The molecule has 0 saturated carbocycles.